The van der Waals surface area contributed by atoms with Crippen LogP contribution in [0.5, 0.6) is 0 Å². The van der Waals surface area contributed by atoms with E-state index in [-0.39, 0.29) is 10.7 Å². The number of aryl methyl sites for hydroxylation is 1. The minimum absolute atomic E-state index is 0.0578. The second-order valence-corrected chi connectivity index (χ2v) is 8.26. The van der Waals surface area contributed by atoms with E-state index < -0.39 is 15.9 Å². The molecule has 0 fully saturated rings. The molecule has 29 heavy (non-hydrogen) atoms. The van der Waals surface area contributed by atoms with E-state index in [9.17, 15) is 13.2 Å². The average molecular weight is 409 g/mol. The molecule has 4 aromatic rings. The molecular formula is C21H19N3O4S. The van der Waals surface area contributed by atoms with Crippen molar-refractivity contribution in [3.8, 4) is 0 Å². The van der Waals surface area contributed by atoms with Crippen molar-refractivity contribution in [2.45, 2.75) is 18.7 Å². The van der Waals surface area contributed by atoms with Crippen LogP contribution in [0.3, 0.4) is 0 Å². The Morgan fingerprint density at radius 1 is 1.07 bits per heavy atom. The Morgan fingerprint density at radius 2 is 1.86 bits per heavy atom. The second kappa shape index (κ2) is 7.21. The van der Waals surface area contributed by atoms with Crippen molar-refractivity contribution in [2.24, 2.45) is 0 Å². The molecular weight excluding hydrogens is 390 g/mol. The zero-order valence-corrected chi connectivity index (χ0v) is 16.7. The van der Waals surface area contributed by atoms with Gasteiger partial charge < -0.3 is 9.73 Å². The number of carbonyl (C=O) groups excluding carboxylic acids is 1. The molecule has 2 heterocycles. The van der Waals surface area contributed by atoms with Gasteiger partial charge in [-0.2, -0.15) is 0 Å². The predicted octanol–water partition coefficient (Wildman–Crippen LogP) is 3.84. The molecule has 0 atom stereocenters. The number of hydrogen-bond acceptors (Lipinski definition) is 6. The number of rotatable bonds is 5. The van der Waals surface area contributed by atoms with Gasteiger partial charge in [0.2, 0.25) is 0 Å². The van der Waals surface area contributed by atoms with Gasteiger partial charge in [-0.1, -0.05) is 18.2 Å². The van der Waals surface area contributed by atoms with E-state index in [1.54, 1.807) is 43.3 Å². The summed E-state index contributed by atoms with van der Waals surface area (Å²) in [4.78, 5) is 16.9. The Morgan fingerprint density at radius 3 is 2.66 bits per heavy atom. The van der Waals surface area contributed by atoms with Crippen LogP contribution in [-0.2, 0) is 10.0 Å². The molecule has 0 saturated heterocycles. The number of pyridine rings is 1. The third-order valence-electron chi connectivity index (χ3n) is 4.46. The Balaban J connectivity index is 1.67. The first-order valence-corrected chi connectivity index (χ1v) is 10.6. The highest BCUT2D eigenvalue weighted by Crippen LogP contribution is 2.25. The molecule has 0 aliphatic heterocycles. The highest BCUT2D eigenvalue weighted by Gasteiger charge is 2.24. The molecule has 7 nitrogen and oxygen atoms in total. The van der Waals surface area contributed by atoms with Crippen LogP contribution in [0.25, 0.3) is 21.9 Å². The van der Waals surface area contributed by atoms with Gasteiger partial charge >= 0.3 is 5.91 Å². The lowest BCUT2D eigenvalue weighted by Crippen LogP contribution is -2.30. The highest BCUT2D eigenvalue weighted by molar-refractivity contribution is 7.90. The lowest BCUT2D eigenvalue weighted by Gasteiger charge is -2.08. The van der Waals surface area contributed by atoms with Crippen molar-refractivity contribution in [1.82, 2.24) is 9.71 Å². The second-order valence-electron chi connectivity index (χ2n) is 6.61. The van der Waals surface area contributed by atoms with Crippen LogP contribution in [0.1, 0.15) is 23.2 Å². The van der Waals surface area contributed by atoms with E-state index in [1.165, 1.54) is 12.1 Å². The Kier molecular flexibility index (Phi) is 4.71. The fourth-order valence-corrected chi connectivity index (χ4v) is 4.25. The molecule has 0 saturated carbocycles. The molecule has 0 unspecified atom stereocenters. The normalized spacial score (nSPS) is 11.7. The van der Waals surface area contributed by atoms with Crippen molar-refractivity contribution >= 4 is 43.5 Å². The summed E-state index contributed by atoms with van der Waals surface area (Å²) in [7, 11) is -4.14. The standard InChI is InChI=1S/C21H19N3O4S/c1-3-22-16-10-9-15-11-18(28-17(15)12-16)21(25)24-29(26,27)19-6-4-5-14-8-7-13(2)23-20(14)19/h4-12,22H,3H2,1-2H3,(H,24,25). The van der Waals surface area contributed by atoms with Crippen LogP contribution in [0, 0.1) is 6.92 Å². The number of aromatic nitrogens is 1. The van der Waals surface area contributed by atoms with Gasteiger partial charge in [0.1, 0.15) is 10.5 Å². The average Bonchev–Trinajstić information content (AvgIpc) is 3.11. The first-order valence-electron chi connectivity index (χ1n) is 9.08. The third-order valence-corrected chi connectivity index (χ3v) is 5.83. The lowest BCUT2D eigenvalue weighted by molar-refractivity contribution is 0.0956. The maximum Gasteiger partial charge on any atom is 0.300 e. The van der Waals surface area contributed by atoms with Gasteiger partial charge in [-0.25, -0.2) is 13.1 Å². The van der Waals surface area contributed by atoms with Gasteiger partial charge in [0, 0.05) is 34.8 Å². The highest BCUT2D eigenvalue weighted by atomic mass is 32.2. The van der Waals surface area contributed by atoms with Crippen LogP contribution in [-0.4, -0.2) is 25.9 Å². The summed E-state index contributed by atoms with van der Waals surface area (Å²) in [5, 5.41) is 4.53. The fourth-order valence-electron chi connectivity index (χ4n) is 3.12. The third kappa shape index (κ3) is 3.66. The lowest BCUT2D eigenvalue weighted by atomic mass is 10.2. The number of fused-ring (bicyclic) bond motifs is 2. The molecule has 148 valence electrons. The number of benzene rings is 2. The summed E-state index contributed by atoms with van der Waals surface area (Å²) >= 11 is 0. The molecule has 1 amide bonds. The molecule has 2 aromatic heterocycles. The number of nitrogens with one attached hydrogen (secondary N) is 2. The summed E-state index contributed by atoms with van der Waals surface area (Å²) in [5.74, 6) is -0.919. The Hall–Kier alpha value is -3.39. The summed E-state index contributed by atoms with van der Waals surface area (Å²) < 4.78 is 33.4. The van der Waals surface area contributed by atoms with Crippen LogP contribution in [0.4, 0.5) is 5.69 Å². The number of amides is 1. The van der Waals surface area contributed by atoms with Crippen LogP contribution in [0.15, 0.2) is 63.9 Å². The number of furan rings is 1. The van der Waals surface area contributed by atoms with Gasteiger partial charge in [-0.15, -0.1) is 0 Å². The van der Waals surface area contributed by atoms with Crippen molar-refractivity contribution in [1.29, 1.82) is 0 Å². The van der Waals surface area contributed by atoms with E-state index in [0.29, 0.717) is 27.6 Å². The largest absolute Gasteiger partial charge is 0.451 e. The molecule has 0 spiro atoms. The number of hydrogen-bond donors (Lipinski definition) is 2. The van der Waals surface area contributed by atoms with E-state index in [2.05, 4.69) is 15.0 Å². The molecule has 0 bridgehead atoms. The molecule has 2 aromatic carbocycles. The van der Waals surface area contributed by atoms with Crippen LogP contribution in [0.2, 0.25) is 0 Å². The van der Waals surface area contributed by atoms with Gasteiger partial charge in [0.25, 0.3) is 10.0 Å². The zero-order valence-electron chi connectivity index (χ0n) is 15.9. The first-order chi connectivity index (χ1) is 13.9. The summed E-state index contributed by atoms with van der Waals surface area (Å²) in [6.07, 6.45) is 0. The van der Waals surface area contributed by atoms with Crippen LogP contribution < -0.4 is 10.0 Å². The van der Waals surface area contributed by atoms with E-state index in [1.807, 2.05) is 13.0 Å². The molecule has 2 N–H and O–H groups in total. The van der Waals surface area contributed by atoms with Gasteiger partial charge in [-0.3, -0.25) is 9.78 Å². The molecule has 0 radical (unpaired) electrons. The van der Waals surface area contributed by atoms with E-state index >= 15 is 0 Å². The summed E-state index contributed by atoms with van der Waals surface area (Å²) in [6.45, 7) is 4.49. The van der Waals surface area contributed by atoms with Gasteiger partial charge in [-0.05, 0) is 44.2 Å². The van der Waals surface area contributed by atoms with Gasteiger partial charge in [0.15, 0.2) is 5.76 Å². The molecule has 0 aliphatic rings. The quantitative estimate of drug-likeness (QED) is 0.519. The monoisotopic (exact) mass is 409 g/mol. The number of para-hydroxylation sites is 1. The number of sulfonamides is 1. The van der Waals surface area contributed by atoms with E-state index in [4.69, 9.17) is 4.42 Å². The van der Waals surface area contributed by atoms with Crippen molar-refractivity contribution < 1.29 is 17.6 Å². The van der Waals surface area contributed by atoms with Crippen LogP contribution >= 0.6 is 0 Å². The fraction of sp³-hybridized carbons (Fsp3) is 0.143. The van der Waals surface area contributed by atoms with E-state index in [0.717, 1.165) is 12.2 Å². The molecule has 0 aliphatic carbocycles. The van der Waals surface area contributed by atoms with Gasteiger partial charge in [0.05, 0.1) is 5.52 Å². The minimum atomic E-state index is -4.14. The first kappa shape index (κ1) is 18.9. The maximum absolute atomic E-state index is 12.9. The topological polar surface area (TPSA) is 101 Å². The zero-order chi connectivity index (χ0) is 20.6. The Labute approximate surface area is 167 Å². The molecule has 4 rings (SSSR count). The number of anilines is 1. The summed E-state index contributed by atoms with van der Waals surface area (Å²) in [5.41, 5.74) is 2.34. The van der Waals surface area contributed by atoms with Crippen molar-refractivity contribution in [3.63, 3.8) is 0 Å². The van der Waals surface area contributed by atoms with Crippen molar-refractivity contribution in [3.05, 3.63) is 66.1 Å². The maximum atomic E-state index is 12.9. The smallest absolute Gasteiger partial charge is 0.300 e. The minimum Gasteiger partial charge on any atom is -0.451 e. The number of nitrogens with zero attached hydrogens (tertiary/aromatic N) is 1. The van der Waals surface area contributed by atoms with Crippen molar-refractivity contribution in [2.75, 3.05) is 11.9 Å². The summed E-state index contributed by atoms with van der Waals surface area (Å²) in [6, 6.07) is 15.3. The Bertz CT molecular complexity index is 1340. The number of carbonyl (C=O) groups is 1. The predicted molar refractivity (Wildman–Crippen MR) is 112 cm³/mol. The SMILES string of the molecule is CCNc1ccc2cc(C(=O)NS(=O)(=O)c3cccc4ccc(C)nc34)oc2c1. The molecule has 8 heteroatoms.